The van der Waals surface area contributed by atoms with E-state index >= 15 is 0 Å². The molecule has 4 N–H and O–H groups in total. The first-order valence-corrected chi connectivity index (χ1v) is 7.08. The van der Waals surface area contributed by atoms with E-state index < -0.39 is 11.9 Å². The predicted molar refractivity (Wildman–Crippen MR) is 75.7 cm³/mol. The predicted octanol–water partition coefficient (Wildman–Crippen LogP) is 0.909. The van der Waals surface area contributed by atoms with Gasteiger partial charge in [-0.2, -0.15) is 11.8 Å². The van der Waals surface area contributed by atoms with Gasteiger partial charge < -0.3 is 16.2 Å². The Kier molecular flexibility index (Phi) is 6.38. The lowest BCUT2D eigenvalue weighted by atomic mass is 10.1. The second kappa shape index (κ2) is 7.81. The molecule has 0 heterocycles. The highest BCUT2D eigenvalue weighted by Gasteiger charge is 2.14. The van der Waals surface area contributed by atoms with Crippen molar-refractivity contribution in [3.63, 3.8) is 0 Å². The van der Waals surface area contributed by atoms with Gasteiger partial charge in [0.05, 0.1) is 6.61 Å². The van der Waals surface area contributed by atoms with Crippen molar-refractivity contribution in [3.8, 4) is 0 Å². The van der Waals surface area contributed by atoms with Crippen LogP contribution in [0.15, 0.2) is 24.3 Å². The molecule has 0 fully saturated rings. The fourth-order valence-electron chi connectivity index (χ4n) is 1.44. The number of carbonyl (C=O) groups is 2. The van der Waals surface area contributed by atoms with E-state index in [-0.39, 0.29) is 5.97 Å². The van der Waals surface area contributed by atoms with Gasteiger partial charge in [0.2, 0.25) is 5.91 Å². The minimum absolute atomic E-state index is 0.331. The van der Waals surface area contributed by atoms with Crippen LogP contribution >= 0.6 is 11.8 Å². The zero-order chi connectivity index (χ0) is 14.3. The van der Waals surface area contributed by atoms with Crippen LogP contribution in [-0.2, 0) is 15.3 Å². The highest BCUT2D eigenvalue weighted by Crippen LogP contribution is 2.14. The van der Waals surface area contributed by atoms with Gasteiger partial charge in [-0.15, -0.1) is 0 Å². The highest BCUT2D eigenvalue weighted by molar-refractivity contribution is 7.98. The van der Waals surface area contributed by atoms with Gasteiger partial charge in [-0.25, -0.2) is 0 Å². The van der Waals surface area contributed by atoms with Crippen molar-refractivity contribution in [1.82, 2.24) is 0 Å². The molecule has 0 aliphatic carbocycles. The van der Waals surface area contributed by atoms with E-state index in [0.29, 0.717) is 23.7 Å². The fourth-order valence-corrected chi connectivity index (χ4v) is 2.36. The molecule has 6 heteroatoms. The maximum Gasteiger partial charge on any atom is 0.323 e. The molecule has 0 radical (unpaired) electrons. The Morgan fingerprint density at radius 1 is 1.42 bits per heavy atom. The Bertz CT molecular complexity index is 451. The van der Waals surface area contributed by atoms with E-state index in [1.807, 2.05) is 6.07 Å². The highest BCUT2D eigenvalue weighted by atomic mass is 32.2. The Hall–Kier alpha value is -1.53. The molecule has 0 bridgehead atoms. The number of nitrogens with two attached hydrogens (primary N) is 2. The molecule has 0 aliphatic heterocycles. The van der Waals surface area contributed by atoms with Crippen LogP contribution in [0.25, 0.3) is 0 Å². The molecule has 1 atom stereocenters. The van der Waals surface area contributed by atoms with Crippen LogP contribution in [0.2, 0.25) is 0 Å². The van der Waals surface area contributed by atoms with Crippen molar-refractivity contribution in [2.45, 2.75) is 18.7 Å². The van der Waals surface area contributed by atoms with Crippen molar-refractivity contribution in [2.75, 3.05) is 12.4 Å². The van der Waals surface area contributed by atoms with E-state index in [0.717, 1.165) is 5.56 Å². The smallest absolute Gasteiger partial charge is 0.323 e. The zero-order valence-electron chi connectivity index (χ0n) is 10.8. The summed E-state index contributed by atoms with van der Waals surface area (Å²) in [7, 11) is 0. The van der Waals surface area contributed by atoms with Gasteiger partial charge in [-0.3, -0.25) is 9.59 Å². The van der Waals surface area contributed by atoms with Gasteiger partial charge in [0.1, 0.15) is 6.04 Å². The van der Waals surface area contributed by atoms with Crippen LogP contribution in [0.5, 0.6) is 0 Å². The van der Waals surface area contributed by atoms with Crippen molar-refractivity contribution in [1.29, 1.82) is 0 Å². The van der Waals surface area contributed by atoms with Crippen molar-refractivity contribution in [2.24, 2.45) is 11.5 Å². The van der Waals surface area contributed by atoms with E-state index in [4.69, 9.17) is 16.2 Å². The number of thioether (sulfide) groups is 1. The number of hydrogen-bond donors (Lipinski definition) is 2. The topological polar surface area (TPSA) is 95.4 Å². The van der Waals surface area contributed by atoms with Crippen molar-refractivity contribution < 1.29 is 14.3 Å². The van der Waals surface area contributed by atoms with Gasteiger partial charge >= 0.3 is 5.97 Å². The van der Waals surface area contributed by atoms with Crippen LogP contribution in [0.1, 0.15) is 22.8 Å². The molecular weight excluding hydrogens is 264 g/mol. The Morgan fingerprint density at radius 2 is 2.16 bits per heavy atom. The van der Waals surface area contributed by atoms with Gasteiger partial charge in [-0.1, -0.05) is 12.1 Å². The number of carbonyl (C=O) groups excluding carboxylic acids is 2. The molecule has 5 nitrogen and oxygen atoms in total. The average Bonchev–Trinajstić information content (AvgIpc) is 2.39. The summed E-state index contributed by atoms with van der Waals surface area (Å²) in [4.78, 5) is 22.3. The first-order valence-electron chi connectivity index (χ1n) is 5.93. The summed E-state index contributed by atoms with van der Waals surface area (Å²) < 4.78 is 4.82. The molecule has 19 heavy (non-hydrogen) atoms. The third-order valence-electron chi connectivity index (χ3n) is 2.37. The zero-order valence-corrected chi connectivity index (χ0v) is 11.6. The number of primary amides is 1. The summed E-state index contributed by atoms with van der Waals surface area (Å²) in [5.74, 6) is 0.296. The van der Waals surface area contributed by atoms with Crippen LogP contribution in [0.3, 0.4) is 0 Å². The lowest BCUT2D eigenvalue weighted by Gasteiger charge is -2.10. The van der Waals surface area contributed by atoms with E-state index in [2.05, 4.69) is 0 Å². The molecule has 1 amide bonds. The Morgan fingerprint density at radius 3 is 2.79 bits per heavy atom. The molecule has 1 rings (SSSR count). The lowest BCUT2D eigenvalue weighted by molar-refractivity contribution is -0.144. The van der Waals surface area contributed by atoms with Crippen molar-refractivity contribution in [3.05, 3.63) is 35.4 Å². The third-order valence-corrected chi connectivity index (χ3v) is 3.50. The molecule has 104 valence electrons. The molecule has 0 aromatic heterocycles. The van der Waals surface area contributed by atoms with Crippen LogP contribution in [0, 0.1) is 0 Å². The third kappa shape index (κ3) is 5.32. The molecular formula is C13H18N2O3S. The average molecular weight is 282 g/mol. The molecule has 0 aliphatic rings. The largest absolute Gasteiger partial charge is 0.465 e. The summed E-state index contributed by atoms with van der Waals surface area (Å²) in [5.41, 5.74) is 12.3. The van der Waals surface area contributed by atoms with Crippen molar-refractivity contribution >= 4 is 23.6 Å². The minimum Gasteiger partial charge on any atom is -0.465 e. The number of amides is 1. The monoisotopic (exact) mass is 282 g/mol. The number of esters is 1. The number of hydrogen-bond acceptors (Lipinski definition) is 5. The lowest BCUT2D eigenvalue weighted by Crippen LogP contribution is -2.34. The number of ether oxygens (including phenoxy) is 1. The van der Waals surface area contributed by atoms with Gasteiger partial charge in [0.15, 0.2) is 0 Å². The van der Waals surface area contributed by atoms with E-state index in [1.54, 1.807) is 25.1 Å². The molecule has 1 aromatic rings. The Balaban J connectivity index is 2.43. The maximum absolute atomic E-state index is 11.3. The summed E-state index contributed by atoms with van der Waals surface area (Å²) in [5, 5.41) is 0. The van der Waals surface area contributed by atoms with Crippen LogP contribution in [0.4, 0.5) is 0 Å². The molecule has 1 aromatic carbocycles. The SMILES string of the molecule is CCOC(=O)C(N)CSCc1cccc(C(N)=O)c1. The van der Waals surface area contributed by atoms with Crippen LogP contribution < -0.4 is 11.5 Å². The summed E-state index contributed by atoms with van der Waals surface area (Å²) in [6, 6.07) is 6.46. The van der Waals surface area contributed by atoms with Gasteiger partial charge in [0.25, 0.3) is 0 Å². The summed E-state index contributed by atoms with van der Waals surface area (Å²) in [6.45, 7) is 2.07. The quantitative estimate of drug-likeness (QED) is 0.725. The fraction of sp³-hybridized carbons (Fsp3) is 0.385. The number of benzene rings is 1. The molecule has 0 spiro atoms. The molecule has 0 saturated carbocycles. The Labute approximate surface area is 116 Å². The molecule has 1 unspecified atom stereocenters. The summed E-state index contributed by atoms with van der Waals surface area (Å²) in [6.07, 6.45) is 0. The van der Waals surface area contributed by atoms with Crippen LogP contribution in [-0.4, -0.2) is 30.3 Å². The van der Waals surface area contributed by atoms with E-state index in [1.165, 1.54) is 11.8 Å². The first-order chi connectivity index (χ1) is 9.04. The second-order valence-corrected chi connectivity index (χ2v) is 4.97. The minimum atomic E-state index is -0.621. The normalized spacial score (nSPS) is 11.9. The first kappa shape index (κ1) is 15.5. The van der Waals surface area contributed by atoms with E-state index in [9.17, 15) is 9.59 Å². The number of rotatable bonds is 7. The second-order valence-electron chi connectivity index (χ2n) is 3.94. The maximum atomic E-state index is 11.3. The van der Waals surface area contributed by atoms with Gasteiger partial charge in [-0.05, 0) is 24.6 Å². The van der Waals surface area contributed by atoms with Gasteiger partial charge in [0, 0.05) is 17.1 Å². The standard InChI is InChI=1S/C13H18N2O3S/c1-2-18-13(17)11(14)8-19-7-9-4-3-5-10(6-9)12(15)16/h3-6,11H,2,7-8,14H2,1H3,(H2,15,16). The summed E-state index contributed by atoms with van der Waals surface area (Å²) >= 11 is 1.51. The molecule has 0 saturated heterocycles.